The number of halogens is 1. The quantitative estimate of drug-likeness (QED) is 0.592. The van der Waals surface area contributed by atoms with Crippen molar-refractivity contribution in [3.8, 4) is 22.7 Å². The summed E-state index contributed by atoms with van der Waals surface area (Å²) in [5.41, 5.74) is 2.36. The molecule has 1 amide bonds. The number of nitrogens with one attached hydrogen (secondary N) is 1. The van der Waals surface area contributed by atoms with E-state index in [0.717, 1.165) is 17.0 Å². The van der Waals surface area contributed by atoms with Crippen LogP contribution in [-0.2, 0) is 7.05 Å². The fraction of sp³-hybridized carbons (Fsp3) is 0.0500. The predicted octanol–water partition coefficient (Wildman–Crippen LogP) is 4.13. The number of hydrogen-bond acceptors (Lipinski definition) is 4. The highest BCUT2D eigenvalue weighted by Crippen LogP contribution is 2.26. The van der Waals surface area contributed by atoms with Gasteiger partial charge in [-0.05, 0) is 42.5 Å². The SMILES string of the molecule is Cn1nc(-c2ccco2)cc1-c1ccc(NC(=O)c2ccccc2F)nc1. The van der Waals surface area contributed by atoms with E-state index in [2.05, 4.69) is 15.4 Å². The number of aromatic nitrogens is 3. The highest BCUT2D eigenvalue weighted by molar-refractivity contribution is 6.03. The van der Waals surface area contributed by atoms with E-state index >= 15 is 0 Å². The topological polar surface area (TPSA) is 73.0 Å². The number of benzene rings is 1. The average molecular weight is 362 g/mol. The van der Waals surface area contributed by atoms with E-state index in [1.54, 1.807) is 35.3 Å². The monoisotopic (exact) mass is 362 g/mol. The fourth-order valence-electron chi connectivity index (χ4n) is 2.73. The summed E-state index contributed by atoms with van der Waals surface area (Å²) in [4.78, 5) is 16.4. The Labute approximate surface area is 154 Å². The van der Waals surface area contributed by atoms with Crippen LogP contribution in [0.1, 0.15) is 10.4 Å². The minimum Gasteiger partial charge on any atom is -0.463 e. The third-order valence-electron chi connectivity index (χ3n) is 4.07. The Balaban J connectivity index is 1.55. The smallest absolute Gasteiger partial charge is 0.259 e. The molecule has 0 aliphatic heterocycles. The molecule has 3 heterocycles. The summed E-state index contributed by atoms with van der Waals surface area (Å²) in [6.45, 7) is 0. The zero-order valence-electron chi connectivity index (χ0n) is 14.4. The number of nitrogens with zero attached hydrogens (tertiary/aromatic N) is 3. The Morgan fingerprint density at radius 3 is 2.70 bits per heavy atom. The standard InChI is InChI=1S/C20H15FN4O2/c1-25-17(11-16(24-25)18-7-4-10-27-18)13-8-9-19(22-12-13)23-20(26)14-5-2-3-6-15(14)21/h2-12H,1H3,(H,22,23,26). The van der Waals surface area contributed by atoms with E-state index in [1.807, 2.05) is 25.2 Å². The first-order valence-corrected chi connectivity index (χ1v) is 8.22. The Bertz CT molecular complexity index is 1090. The van der Waals surface area contributed by atoms with E-state index in [9.17, 15) is 9.18 Å². The minimum atomic E-state index is -0.577. The molecule has 7 heteroatoms. The molecule has 4 rings (SSSR count). The molecule has 0 atom stereocenters. The predicted molar refractivity (Wildman–Crippen MR) is 98.5 cm³/mol. The van der Waals surface area contributed by atoms with Gasteiger partial charge in [-0.15, -0.1) is 0 Å². The second kappa shape index (κ2) is 6.87. The molecule has 134 valence electrons. The van der Waals surface area contributed by atoms with Crippen molar-refractivity contribution in [1.82, 2.24) is 14.8 Å². The molecule has 0 bridgehead atoms. The van der Waals surface area contributed by atoms with Gasteiger partial charge in [0, 0.05) is 18.8 Å². The molecule has 0 radical (unpaired) electrons. The van der Waals surface area contributed by atoms with Crippen LogP contribution in [0, 0.1) is 5.82 Å². The lowest BCUT2D eigenvalue weighted by Crippen LogP contribution is -2.14. The number of carbonyl (C=O) groups excluding carboxylic acids is 1. The van der Waals surface area contributed by atoms with Gasteiger partial charge < -0.3 is 9.73 Å². The van der Waals surface area contributed by atoms with Crippen molar-refractivity contribution in [3.05, 3.63) is 78.4 Å². The number of amides is 1. The number of pyridine rings is 1. The van der Waals surface area contributed by atoms with Crippen molar-refractivity contribution in [2.75, 3.05) is 5.32 Å². The van der Waals surface area contributed by atoms with Crippen molar-refractivity contribution in [2.24, 2.45) is 7.05 Å². The van der Waals surface area contributed by atoms with Crippen LogP contribution in [-0.4, -0.2) is 20.7 Å². The van der Waals surface area contributed by atoms with Gasteiger partial charge in [-0.3, -0.25) is 9.48 Å². The summed E-state index contributed by atoms with van der Waals surface area (Å²) in [7, 11) is 1.83. The fourth-order valence-corrected chi connectivity index (χ4v) is 2.73. The van der Waals surface area contributed by atoms with Crippen LogP contribution in [0.3, 0.4) is 0 Å². The van der Waals surface area contributed by atoms with Gasteiger partial charge in [-0.25, -0.2) is 9.37 Å². The highest BCUT2D eigenvalue weighted by atomic mass is 19.1. The first kappa shape index (κ1) is 16.7. The van der Waals surface area contributed by atoms with Crippen LogP contribution >= 0.6 is 0 Å². The first-order chi connectivity index (χ1) is 13.1. The van der Waals surface area contributed by atoms with Crippen LogP contribution in [0.25, 0.3) is 22.7 Å². The molecule has 0 saturated heterocycles. The van der Waals surface area contributed by atoms with Gasteiger partial charge in [-0.2, -0.15) is 5.10 Å². The van der Waals surface area contributed by atoms with Gasteiger partial charge in [0.2, 0.25) is 0 Å². The summed E-state index contributed by atoms with van der Waals surface area (Å²) in [6.07, 6.45) is 3.22. The maximum atomic E-state index is 13.7. The summed E-state index contributed by atoms with van der Waals surface area (Å²) < 4.78 is 20.8. The minimum absolute atomic E-state index is 0.0295. The molecule has 0 aliphatic rings. The zero-order valence-corrected chi connectivity index (χ0v) is 14.4. The molecule has 27 heavy (non-hydrogen) atoms. The van der Waals surface area contributed by atoms with Crippen LogP contribution in [0.4, 0.5) is 10.2 Å². The molecule has 0 unspecified atom stereocenters. The van der Waals surface area contributed by atoms with Crippen molar-refractivity contribution in [1.29, 1.82) is 0 Å². The molecule has 0 spiro atoms. The molecular formula is C20H15FN4O2. The number of hydrogen-bond donors (Lipinski definition) is 1. The highest BCUT2D eigenvalue weighted by Gasteiger charge is 2.13. The van der Waals surface area contributed by atoms with Gasteiger partial charge >= 0.3 is 0 Å². The maximum Gasteiger partial charge on any atom is 0.259 e. The lowest BCUT2D eigenvalue weighted by molar-refractivity contribution is 0.102. The van der Waals surface area contributed by atoms with Crippen LogP contribution in [0.5, 0.6) is 0 Å². The largest absolute Gasteiger partial charge is 0.463 e. The number of rotatable bonds is 4. The molecule has 0 saturated carbocycles. The Morgan fingerprint density at radius 1 is 1.15 bits per heavy atom. The molecular weight excluding hydrogens is 347 g/mol. The average Bonchev–Trinajstić information content (AvgIpc) is 3.32. The van der Waals surface area contributed by atoms with E-state index in [-0.39, 0.29) is 5.56 Å². The van der Waals surface area contributed by atoms with Gasteiger partial charge in [0.05, 0.1) is 17.5 Å². The molecule has 0 aliphatic carbocycles. The summed E-state index contributed by atoms with van der Waals surface area (Å²) in [5.74, 6) is -0.111. The van der Waals surface area contributed by atoms with E-state index < -0.39 is 11.7 Å². The van der Waals surface area contributed by atoms with Crippen molar-refractivity contribution >= 4 is 11.7 Å². The van der Waals surface area contributed by atoms with Gasteiger partial charge in [0.1, 0.15) is 17.3 Å². The molecule has 0 fully saturated rings. The van der Waals surface area contributed by atoms with E-state index in [0.29, 0.717) is 11.6 Å². The summed E-state index contributed by atoms with van der Waals surface area (Å²) in [5, 5.41) is 7.03. The van der Waals surface area contributed by atoms with Crippen molar-refractivity contribution in [3.63, 3.8) is 0 Å². The lowest BCUT2D eigenvalue weighted by Gasteiger charge is -2.06. The molecule has 4 aromatic rings. The first-order valence-electron chi connectivity index (χ1n) is 8.22. The molecule has 6 nitrogen and oxygen atoms in total. The Hall–Kier alpha value is -3.74. The third-order valence-corrected chi connectivity index (χ3v) is 4.07. The maximum absolute atomic E-state index is 13.7. The van der Waals surface area contributed by atoms with Crippen molar-refractivity contribution < 1.29 is 13.6 Å². The Kier molecular flexibility index (Phi) is 4.25. The number of aryl methyl sites for hydroxylation is 1. The van der Waals surface area contributed by atoms with E-state index in [1.165, 1.54) is 18.2 Å². The Morgan fingerprint density at radius 2 is 2.00 bits per heavy atom. The van der Waals surface area contributed by atoms with E-state index in [4.69, 9.17) is 4.42 Å². The second-order valence-electron chi connectivity index (χ2n) is 5.88. The number of anilines is 1. The third kappa shape index (κ3) is 3.35. The van der Waals surface area contributed by atoms with Gasteiger partial charge in [0.25, 0.3) is 5.91 Å². The second-order valence-corrected chi connectivity index (χ2v) is 5.88. The number of carbonyl (C=O) groups is 1. The zero-order chi connectivity index (χ0) is 18.8. The molecule has 3 aromatic heterocycles. The lowest BCUT2D eigenvalue weighted by atomic mass is 10.2. The van der Waals surface area contributed by atoms with Gasteiger partial charge in [-0.1, -0.05) is 12.1 Å². The normalized spacial score (nSPS) is 10.7. The van der Waals surface area contributed by atoms with Crippen LogP contribution in [0.2, 0.25) is 0 Å². The summed E-state index contributed by atoms with van der Waals surface area (Å²) in [6, 6.07) is 14.8. The van der Waals surface area contributed by atoms with Crippen LogP contribution in [0.15, 0.2) is 71.5 Å². The molecule has 1 aromatic carbocycles. The number of furan rings is 1. The van der Waals surface area contributed by atoms with Crippen molar-refractivity contribution in [2.45, 2.75) is 0 Å². The van der Waals surface area contributed by atoms with Gasteiger partial charge in [0.15, 0.2) is 5.76 Å². The van der Waals surface area contributed by atoms with Crippen LogP contribution < -0.4 is 5.32 Å². The summed E-state index contributed by atoms with van der Waals surface area (Å²) >= 11 is 0. The molecule has 1 N–H and O–H groups in total.